The number of hydrogen-bond donors (Lipinski definition) is 1. The maximum atomic E-state index is 9.26. The van der Waals surface area contributed by atoms with E-state index in [4.69, 9.17) is 0 Å². The molecule has 1 atom stereocenters. The highest BCUT2D eigenvalue weighted by Crippen LogP contribution is 2.21. The maximum Gasteiger partial charge on any atom is 0.169 e. The molecule has 2 heterocycles. The zero-order valence-corrected chi connectivity index (χ0v) is 10.5. The van der Waals surface area contributed by atoms with Gasteiger partial charge in [-0.25, -0.2) is 0 Å². The summed E-state index contributed by atoms with van der Waals surface area (Å²) in [6.07, 6.45) is 0. The maximum absolute atomic E-state index is 9.26. The predicted octanol–water partition coefficient (Wildman–Crippen LogP) is 0.763. The number of nitrogens with zero attached hydrogens (tertiary/aromatic N) is 4. The number of hydrogen-bond acceptors (Lipinski definition) is 5. The van der Waals surface area contributed by atoms with Crippen molar-refractivity contribution in [2.45, 2.75) is 26.8 Å². The molecular weight excluding hydrogens is 214 g/mol. The molecule has 1 aromatic heterocycles. The first-order chi connectivity index (χ1) is 8.13. The third-order valence-electron chi connectivity index (χ3n) is 3.22. The summed E-state index contributed by atoms with van der Waals surface area (Å²) < 4.78 is 0. The molecule has 5 heteroatoms. The molecule has 1 aliphatic rings. The number of anilines is 1. The monoisotopic (exact) mass is 231 g/mol. The minimum atomic E-state index is 0.415. The molecule has 90 valence electrons. The summed E-state index contributed by atoms with van der Waals surface area (Å²) >= 11 is 0. The second-order valence-corrected chi connectivity index (χ2v) is 4.52. The molecule has 0 amide bonds. The van der Waals surface area contributed by atoms with Crippen molar-refractivity contribution >= 4 is 5.82 Å². The fraction of sp³-hybridized carbons (Fsp3) is 0.583. The largest absolute Gasteiger partial charge is 0.351 e. The van der Waals surface area contributed by atoms with Gasteiger partial charge in [0.2, 0.25) is 0 Å². The van der Waals surface area contributed by atoms with Gasteiger partial charge in [0.15, 0.2) is 5.82 Å². The van der Waals surface area contributed by atoms with Crippen molar-refractivity contribution in [3.8, 4) is 6.07 Å². The normalized spacial score (nSPS) is 20.1. The number of rotatable bonds is 1. The molecule has 1 saturated heterocycles. The lowest BCUT2D eigenvalue weighted by Gasteiger charge is -2.33. The van der Waals surface area contributed by atoms with Gasteiger partial charge in [0, 0.05) is 25.7 Å². The van der Waals surface area contributed by atoms with Crippen molar-refractivity contribution in [2.24, 2.45) is 0 Å². The lowest BCUT2D eigenvalue weighted by molar-refractivity contribution is 0.481. The van der Waals surface area contributed by atoms with Crippen LogP contribution in [0.25, 0.3) is 0 Å². The Bertz CT molecular complexity index is 463. The number of piperazine rings is 1. The second kappa shape index (κ2) is 4.68. The highest BCUT2D eigenvalue weighted by molar-refractivity contribution is 5.57. The quantitative estimate of drug-likeness (QED) is 0.773. The van der Waals surface area contributed by atoms with E-state index in [1.807, 2.05) is 13.8 Å². The molecule has 0 spiro atoms. The summed E-state index contributed by atoms with van der Waals surface area (Å²) in [6, 6.07) is 2.67. The van der Waals surface area contributed by atoms with Gasteiger partial charge in [-0.1, -0.05) is 0 Å². The third kappa shape index (κ3) is 2.22. The lowest BCUT2D eigenvalue weighted by atomic mass is 10.1. The molecule has 0 aromatic carbocycles. The minimum Gasteiger partial charge on any atom is -0.351 e. The Kier molecular flexibility index (Phi) is 3.25. The van der Waals surface area contributed by atoms with E-state index in [1.54, 1.807) is 0 Å². The number of aromatic nitrogens is 2. The van der Waals surface area contributed by atoms with Crippen molar-refractivity contribution < 1.29 is 0 Å². The Morgan fingerprint density at radius 2 is 2.18 bits per heavy atom. The molecule has 1 N–H and O–H groups in total. The number of aryl methyl sites for hydroxylation is 1. The zero-order valence-electron chi connectivity index (χ0n) is 10.5. The molecule has 1 aromatic rings. The zero-order chi connectivity index (χ0) is 12.4. The molecule has 5 nitrogen and oxygen atoms in total. The molecule has 17 heavy (non-hydrogen) atoms. The van der Waals surface area contributed by atoms with Gasteiger partial charge in [0.05, 0.1) is 5.69 Å². The average Bonchev–Trinajstić information content (AvgIpc) is 2.32. The SMILES string of the molecule is Cc1nnc(N2CCNC(C)C2)c(C#N)c1C. The highest BCUT2D eigenvalue weighted by Gasteiger charge is 2.21. The molecule has 0 radical (unpaired) electrons. The molecule has 0 aliphatic carbocycles. The van der Waals surface area contributed by atoms with Crippen LogP contribution in [0.1, 0.15) is 23.7 Å². The summed E-state index contributed by atoms with van der Waals surface area (Å²) in [6.45, 7) is 8.60. The Morgan fingerprint density at radius 3 is 2.82 bits per heavy atom. The molecule has 0 saturated carbocycles. The Balaban J connectivity index is 2.38. The van der Waals surface area contributed by atoms with Gasteiger partial charge in [-0.05, 0) is 26.3 Å². The van der Waals surface area contributed by atoms with Gasteiger partial charge in [-0.15, -0.1) is 5.10 Å². The smallest absolute Gasteiger partial charge is 0.169 e. The van der Waals surface area contributed by atoms with Crippen LogP contribution in [-0.2, 0) is 0 Å². The van der Waals surface area contributed by atoms with Gasteiger partial charge in [-0.3, -0.25) is 0 Å². The topological polar surface area (TPSA) is 64.8 Å². The van der Waals surface area contributed by atoms with Crippen LogP contribution in [0.15, 0.2) is 0 Å². The molecule has 1 aliphatic heterocycles. The standard InChI is InChI=1S/C12H17N5/c1-8-7-17(5-4-14-8)12-11(6-13)9(2)10(3)15-16-12/h8,14H,4-5,7H2,1-3H3. The summed E-state index contributed by atoms with van der Waals surface area (Å²) in [5.74, 6) is 0.726. The van der Waals surface area contributed by atoms with Gasteiger partial charge >= 0.3 is 0 Å². The van der Waals surface area contributed by atoms with Crippen molar-refractivity contribution in [1.29, 1.82) is 5.26 Å². The first-order valence-electron chi connectivity index (χ1n) is 5.85. The summed E-state index contributed by atoms with van der Waals surface area (Å²) in [4.78, 5) is 2.14. The van der Waals surface area contributed by atoms with Gasteiger partial charge < -0.3 is 10.2 Å². The van der Waals surface area contributed by atoms with Crippen molar-refractivity contribution in [3.05, 3.63) is 16.8 Å². The van der Waals surface area contributed by atoms with Gasteiger partial charge in [0.25, 0.3) is 0 Å². The van der Waals surface area contributed by atoms with Gasteiger partial charge in [-0.2, -0.15) is 10.4 Å². The van der Waals surface area contributed by atoms with Crippen LogP contribution in [-0.4, -0.2) is 35.9 Å². The molecular formula is C12H17N5. The van der Waals surface area contributed by atoms with E-state index in [0.29, 0.717) is 11.6 Å². The minimum absolute atomic E-state index is 0.415. The number of nitriles is 1. The molecule has 0 bridgehead atoms. The van der Waals surface area contributed by atoms with E-state index in [2.05, 4.69) is 33.4 Å². The van der Waals surface area contributed by atoms with E-state index < -0.39 is 0 Å². The van der Waals surface area contributed by atoms with E-state index in [9.17, 15) is 5.26 Å². The van der Waals surface area contributed by atoms with Crippen LogP contribution in [0.3, 0.4) is 0 Å². The Morgan fingerprint density at radius 1 is 1.41 bits per heavy atom. The van der Waals surface area contributed by atoms with Crippen LogP contribution in [0.5, 0.6) is 0 Å². The van der Waals surface area contributed by atoms with Crippen molar-refractivity contribution in [3.63, 3.8) is 0 Å². The molecule has 2 rings (SSSR count). The number of nitrogens with one attached hydrogen (secondary N) is 1. The predicted molar refractivity (Wildman–Crippen MR) is 65.9 cm³/mol. The lowest BCUT2D eigenvalue weighted by Crippen LogP contribution is -2.49. The fourth-order valence-electron chi connectivity index (χ4n) is 2.08. The Hall–Kier alpha value is -1.67. The van der Waals surface area contributed by atoms with Crippen LogP contribution >= 0.6 is 0 Å². The van der Waals surface area contributed by atoms with Crippen LogP contribution in [0, 0.1) is 25.2 Å². The van der Waals surface area contributed by atoms with E-state index in [1.165, 1.54) is 0 Å². The highest BCUT2D eigenvalue weighted by atomic mass is 15.3. The average molecular weight is 231 g/mol. The molecule has 1 unspecified atom stereocenters. The summed E-state index contributed by atoms with van der Waals surface area (Å²) in [5.41, 5.74) is 2.42. The second-order valence-electron chi connectivity index (χ2n) is 4.52. The van der Waals surface area contributed by atoms with Crippen molar-refractivity contribution in [2.75, 3.05) is 24.5 Å². The van der Waals surface area contributed by atoms with Crippen LogP contribution in [0.4, 0.5) is 5.82 Å². The third-order valence-corrected chi connectivity index (χ3v) is 3.22. The van der Waals surface area contributed by atoms with Gasteiger partial charge in [0.1, 0.15) is 11.6 Å². The van der Waals surface area contributed by atoms with Crippen LogP contribution < -0.4 is 10.2 Å². The van der Waals surface area contributed by atoms with E-state index in [-0.39, 0.29) is 0 Å². The fourth-order valence-corrected chi connectivity index (χ4v) is 2.08. The summed E-state index contributed by atoms with van der Waals surface area (Å²) in [5, 5.41) is 21.0. The summed E-state index contributed by atoms with van der Waals surface area (Å²) in [7, 11) is 0. The Labute approximate surface area is 101 Å². The van der Waals surface area contributed by atoms with Crippen LogP contribution in [0.2, 0.25) is 0 Å². The van der Waals surface area contributed by atoms with E-state index in [0.717, 1.165) is 36.7 Å². The first kappa shape index (κ1) is 11.8. The molecule has 1 fully saturated rings. The first-order valence-corrected chi connectivity index (χ1v) is 5.85. The van der Waals surface area contributed by atoms with Crippen molar-refractivity contribution in [1.82, 2.24) is 15.5 Å². The van der Waals surface area contributed by atoms with E-state index >= 15 is 0 Å².